The van der Waals surface area contributed by atoms with E-state index in [0.29, 0.717) is 5.69 Å². The molecule has 1 unspecified atom stereocenters. The molecule has 0 saturated carbocycles. The molecule has 0 bridgehead atoms. The predicted octanol–water partition coefficient (Wildman–Crippen LogP) is 0.659. The second-order valence-corrected chi connectivity index (χ2v) is 5.02. The van der Waals surface area contributed by atoms with Gasteiger partial charge < -0.3 is 10.4 Å². The zero-order valence-electron chi connectivity index (χ0n) is 9.13. The molecule has 92 valence electrons. The molecule has 6 nitrogen and oxygen atoms in total. The number of carboxylic acids is 1. The molecule has 1 fully saturated rings. The van der Waals surface area contributed by atoms with Crippen LogP contribution in [0, 0.1) is 5.92 Å². The molecule has 1 aliphatic rings. The van der Waals surface area contributed by atoms with Gasteiger partial charge in [-0.05, 0) is 12.2 Å². The van der Waals surface area contributed by atoms with E-state index in [1.807, 2.05) is 0 Å². The van der Waals surface area contributed by atoms with Crippen LogP contribution in [0.3, 0.4) is 0 Å². The minimum Gasteiger partial charge on any atom is -0.480 e. The lowest BCUT2D eigenvalue weighted by Crippen LogP contribution is -2.22. The maximum absolute atomic E-state index is 11.8. The number of carbonyl (C=O) groups excluding carboxylic acids is 1. The second-order valence-electron chi connectivity index (χ2n) is 3.87. The number of nitrogens with zero attached hydrogens (tertiary/aromatic N) is 2. The first-order valence-electron chi connectivity index (χ1n) is 5.28. The lowest BCUT2D eigenvalue weighted by molar-refractivity contribution is -0.137. The molecule has 17 heavy (non-hydrogen) atoms. The summed E-state index contributed by atoms with van der Waals surface area (Å²) in [5, 5.41) is 15.2. The molecule has 1 saturated heterocycles. The summed E-state index contributed by atoms with van der Waals surface area (Å²) < 4.78 is 1.28. The van der Waals surface area contributed by atoms with Crippen LogP contribution >= 0.6 is 11.8 Å². The number of thioether (sulfide) groups is 1. The van der Waals surface area contributed by atoms with Crippen molar-refractivity contribution in [3.63, 3.8) is 0 Å². The Balaban J connectivity index is 1.91. The number of carbonyl (C=O) groups is 2. The SMILES string of the molecule is O=C(O)Cn1cc(NC(=O)C2CCSC2)cn1. The van der Waals surface area contributed by atoms with E-state index in [4.69, 9.17) is 5.11 Å². The monoisotopic (exact) mass is 255 g/mol. The van der Waals surface area contributed by atoms with Gasteiger partial charge in [0.15, 0.2) is 0 Å². The predicted molar refractivity (Wildman–Crippen MR) is 63.9 cm³/mol. The summed E-state index contributed by atoms with van der Waals surface area (Å²) in [6.07, 6.45) is 3.89. The van der Waals surface area contributed by atoms with Gasteiger partial charge in [-0.2, -0.15) is 16.9 Å². The average Bonchev–Trinajstić information content (AvgIpc) is 2.87. The molecule has 1 aromatic heterocycles. The van der Waals surface area contributed by atoms with Crippen LogP contribution in [0.2, 0.25) is 0 Å². The fourth-order valence-electron chi connectivity index (χ4n) is 1.64. The normalized spacial score (nSPS) is 19.2. The van der Waals surface area contributed by atoms with Crippen molar-refractivity contribution in [2.75, 3.05) is 16.8 Å². The van der Waals surface area contributed by atoms with Crippen LogP contribution in [0.15, 0.2) is 12.4 Å². The third-order valence-corrected chi connectivity index (χ3v) is 3.66. The smallest absolute Gasteiger partial charge is 0.325 e. The fraction of sp³-hybridized carbons (Fsp3) is 0.500. The third kappa shape index (κ3) is 3.23. The Morgan fingerprint density at radius 1 is 1.65 bits per heavy atom. The van der Waals surface area contributed by atoms with Crippen molar-refractivity contribution in [3.8, 4) is 0 Å². The van der Waals surface area contributed by atoms with Crippen molar-refractivity contribution >= 4 is 29.3 Å². The van der Waals surface area contributed by atoms with Gasteiger partial charge in [-0.3, -0.25) is 14.3 Å². The van der Waals surface area contributed by atoms with Gasteiger partial charge in [0.25, 0.3) is 0 Å². The molecular weight excluding hydrogens is 242 g/mol. The quantitative estimate of drug-likeness (QED) is 0.825. The molecule has 1 atom stereocenters. The molecule has 7 heteroatoms. The molecular formula is C10H13N3O3S. The van der Waals surface area contributed by atoms with E-state index in [1.165, 1.54) is 17.1 Å². The van der Waals surface area contributed by atoms with Crippen LogP contribution in [-0.2, 0) is 16.1 Å². The average molecular weight is 255 g/mol. The summed E-state index contributed by atoms with van der Waals surface area (Å²) in [5.74, 6) is 0.969. The minimum atomic E-state index is -0.960. The number of carboxylic acid groups (broad SMARTS) is 1. The van der Waals surface area contributed by atoms with Gasteiger partial charge >= 0.3 is 5.97 Å². The maximum Gasteiger partial charge on any atom is 0.325 e. The van der Waals surface area contributed by atoms with E-state index in [9.17, 15) is 9.59 Å². The van der Waals surface area contributed by atoms with E-state index in [1.54, 1.807) is 11.8 Å². The van der Waals surface area contributed by atoms with E-state index in [0.717, 1.165) is 17.9 Å². The lowest BCUT2D eigenvalue weighted by Gasteiger charge is -2.07. The highest BCUT2D eigenvalue weighted by Crippen LogP contribution is 2.24. The number of hydrogen-bond donors (Lipinski definition) is 2. The molecule has 1 aliphatic heterocycles. The van der Waals surface area contributed by atoms with Crippen molar-refractivity contribution < 1.29 is 14.7 Å². The molecule has 2 N–H and O–H groups in total. The Morgan fingerprint density at radius 3 is 3.12 bits per heavy atom. The Bertz CT molecular complexity index is 426. The van der Waals surface area contributed by atoms with Gasteiger partial charge in [0, 0.05) is 17.9 Å². The largest absolute Gasteiger partial charge is 0.480 e. The van der Waals surface area contributed by atoms with Crippen molar-refractivity contribution in [1.29, 1.82) is 0 Å². The first-order chi connectivity index (χ1) is 8.15. The van der Waals surface area contributed by atoms with Gasteiger partial charge in [-0.25, -0.2) is 0 Å². The van der Waals surface area contributed by atoms with Crippen molar-refractivity contribution in [2.45, 2.75) is 13.0 Å². The summed E-state index contributed by atoms with van der Waals surface area (Å²) in [5.41, 5.74) is 0.549. The first-order valence-corrected chi connectivity index (χ1v) is 6.43. The first kappa shape index (κ1) is 12.0. The van der Waals surface area contributed by atoms with Gasteiger partial charge in [-0.1, -0.05) is 0 Å². The Morgan fingerprint density at radius 2 is 2.47 bits per heavy atom. The van der Waals surface area contributed by atoms with Gasteiger partial charge in [0.05, 0.1) is 11.9 Å². The summed E-state index contributed by atoms with van der Waals surface area (Å²) >= 11 is 1.78. The highest BCUT2D eigenvalue weighted by Gasteiger charge is 2.23. The third-order valence-electron chi connectivity index (χ3n) is 2.50. The van der Waals surface area contributed by atoms with E-state index in [2.05, 4.69) is 10.4 Å². The van der Waals surface area contributed by atoms with E-state index in [-0.39, 0.29) is 18.4 Å². The second kappa shape index (κ2) is 5.22. The van der Waals surface area contributed by atoms with Gasteiger partial charge in [-0.15, -0.1) is 0 Å². The van der Waals surface area contributed by atoms with Gasteiger partial charge in [0.1, 0.15) is 6.54 Å². The summed E-state index contributed by atoms with van der Waals surface area (Å²) in [6, 6.07) is 0. The van der Waals surface area contributed by atoms with Crippen LogP contribution < -0.4 is 5.32 Å². The highest BCUT2D eigenvalue weighted by molar-refractivity contribution is 7.99. The maximum atomic E-state index is 11.8. The molecule has 2 heterocycles. The van der Waals surface area contributed by atoms with Crippen LogP contribution in [0.4, 0.5) is 5.69 Å². The fourth-order valence-corrected chi connectivity index (χ4v) is 2.86. The molecule has 2 rings (SSSR count). The molecule has 0 aromatic carbocycles. The van der Waals surface area contributed by atoms with Gasteiger partial charge in [0.2, 0.25) is 5.91 Å². The standard InChI is InChI=1S/C10H13N3O3S/c14-9(15)5-13-4-8(3-11-13)12-10(16)7-1-2-17-6-7/h3-4,7H,1-2,5-6H2,(H,12,16)(H,14,15). The molecule has 1 amide bonds. The number of hydrogen-bond acceptors (Lipinski definition) is 4. The Labute approximate surface area is 102 Å². The molecule has 0 aliphatic carbocycles. The number of nitrogens with one attached hydrogen (secondary N) is 1. The van der Waals surface area contributed by atoms with Crippen molar-refractivity contribution in [2.24, 2.45) is 5.92 Å². The zero-order valence-corrected chi connectivity index (χ0v) is 9.94. The summed E-state index contributed by atoms with van der Waals surface area (Å²) in [6.45, 7) is -0.199. The molecule has 1 aromatic rings. The van der Waals surface area contributed by atoms with Crippen molar-refractivity contribution in [3.05, 3.63) is 12.4 Å². The summed E-state index contributed by atoms with van der Waals surface area (Å²) in [7, 11) is 0. The number of rotatable bonds is 4. The van der Waals surface area contributed by atoms with Crippen LogP contribution in [-0.4, -0.2) is 38.3 Å². The number of aliphatic carboxylic acids is 1. The Hall–Kier alpha value is -1.50. The number of anilines is 1. The molecule has 0 spiro atoms. The lowest BCUT2D eigenvalue weighted by atomic mass is 10.1. The van der Waals surface area contributed by atoms with E-state index < -0.39 is 5.97 Å². The highest BCUT2D eigenvalue weighted by atomic mass is 32.2. The van der Waals surface area contributed by atoms with E-state index >= 15 is 0 Å². The molecule has 0 radical (unpaired) electrons. The zero-order chi connectivity index (χ0) is 12.3. The van der Waals surface area contributed by atoms with Crippen LogP contribution in [0.25, 0.3) is 0 Å². The topological polar surface area (TPSA) is 84.2 Å². The van der Waals surface area contributed by atoms with Crippen molar-refractivity contribution in [1.82, 2.24) is 9.78 Å². The van der Waals surface area contributed by atoms with Crippen LogP contribution in [0.1, 0.15) is 6.42 Å². The number of aromatic nitrogens is 2. The Kier molecular flexibility index (Phi) is 3.68. The van der Waals surface area contributed by atoms with Crippen LogP contribution in [0.5, 0.6) is 0 Å². The number of amides is 1. The minimum absolute atomic E-state index is 0.00937. The summed E-state index contributed by atoms with van der Waals surface area (Å²) in [4.78, 5) is 22.2.